The number of alkyl halides is 3. The molecular formula is C15H19F3N2. The Labute approximate surface area is 116 Å². The lowest BCUT2D eigenvalue weighted by Gasteiger charge is -2.45. The van der Waals surface area contributed by atoms with Gasteiger partial charge in [0.15, 0.2) is 0 Å². The van der Waals surface area contributed by atoms with E-state index in [0.717, 1.165) is 24.6 Å². The third-order valence-electron chi connectivity index (χ3n) is 4.46. The van der Waals surface area contributed by atoms with Gasteiger partial charge in [-0.05, 0) is 37.0 Å². The standard InChI is InChI=1S/C15H19F3N2/c1-10-3-2-6-14(8-10)9-19-13-7-11(15(16,17)18)4-5-12(13)20-14/h4-5,7,10,19-20H,2-3,6,8-9H2,1H3. The number of benzene rings is 1. The minimum Gasteiger partial charge on any atom is -0.381 e. The van der Waals surface area contributed by atoms with Crippen LogP contribution in [0.3, 0.4) is 0 Å². The molecule has 1 fully saturated rings. The summed E-state index contributed by atoms with van der Waals surface area (Å²) < 4.78 is 38.1. The Balaban J connectivity index is 1.86. The summed E-state index contributed by atoms with van der Waals surface area (Å²) in [7, 11) is 0. The van der Waals surface area contributed by atoms with Crippen LogP contribution in [0.4, 0.5) is 24.5 Å². The Morgan fingerprint density at radius 1 is 1.25 bits per heavy atom. The zero-order valence-electron chi connectivity index (χ0n) is 11.5. The number of rotatable bonds is 0. The van der Waals surface area contributed by atoms with Crippen LogP contribution in [0.1, 0.15) is 38.2 Å². The van der Waals surface area contributed by atoms with Gasteiger partial charge in [-0.3, -0.25) is 0 Å². The van der Waals surface area contributed by atoms with E-state index in [0.29, 0.717) is 18.2 Å². The molecule has 1 saturated carbocycles. The summed E-state index contributed by atoms with van der Waals surface area (Å²) in [6, 6.07) is 3.89. The van der Waals surface area contributed by atoms with E-state index >= 15 is 0 Å². The summed E-state index contributed by atoms with van der Waals surface area (Å²) in [5.41, 5.74) is 0.755. The van der Waals surface area contributed by atoms with E-state index in [-0.39, 0.29) is 5.54 Å². The molecule has 20 heavy (non-hydrogen) atoms. The van der Waals surface area contributed by atoms with Gasteiger partial charge in [0.1, 0.15) is 0 Å². The molecule has 1 heterocycles. The first-order chi connectivity index (χ1) is 9.38. The molecule has 0 aromatic heterocycles. The molecule has 2 atom stereocenters. The van der Waals surface area contributed by atoms with Crippen LogP contribution in [0.15, 0.2) is 18.2 Å². The normalized spacial score (nSPS) is 29.5. The van der Waals surface area contributed by atoms with Gasteiger partial charge in [0.05, 0.1) is 22.5 Å². The van der Waals surface area contributed by atoms with Crippen molar-refractivity contribution < 1.29 is 13.2 Å². The Bertz CT molecular complexity index is 512. The zero-order chi connectivity index (χ0) is 14.4. The quantitative estimate of drug-likeness (QED) is 0.733. The first-order valence-corrected chi connectivity index (χ1v) is 7.11. The van der Waals surface area contributed by atoms with Crippen molar-refractivity contribution >= 4 is 11.4 Å². The van der Waals surface area contributed by atoms with Crippen LogP contribution in [0, 0.1) is 5.92 Å². The average molecular weight is 284 g/mol. The molecule has 0 radical (unpaired) electrons. The van der Waals surface area contributed by atoms with Gasteiger partial charge in [0, 0.05) is 6.54 Å². The van der Waals surface area contributed by atoms with E-state index in [1.54, 1.807) is 6.07 Å². The molecular weight excluding hydrogens is 265 g/mol. The lowest BCUT2D eigenvalue weighted by molar-refractivity contribution is -0.137. The molecule has 5 heteroatoms. The van der Waals surface area contributed by atoms with Crippen molar-refractivity contribution in [1.29, 1.82) is 0 Å². The molecule has 0 saturated heterocycles. The van der Waals surface area contributed by atoms with Gasteiger partial charge in [0.2, 0.25) is 0 Å². The molecule has 1 aliphatic carbocycles. The summed E-state index contributed by atoms with van der Waals surface area (Å²) in [6.07, 6.45) is 0.269. The molecule has 1 spiro atoms. The fourth-order valence-electron chi connectivity index (χ4n) is 3.50. The lowest BCUT2D eigenvalue weighted by atomic mass is 9.75. The van der Waals surface area contributed by atoms with Crippen molar-refractivity contribution in [2.24, 2.45) is 5.92 Å². The van der Waals surface area contributed by atoms with E-state index in [1.165, 1.54) is 18.9 Å². The molecule has 2 unspecified atom stereocenters. The van der Waals surface area contributed by atoms with E-state index in [1.807, 2.05) is 0 Å². The molecule has 1 aromatic carbocycles. The smallest absolute Gasteiger partial charge is 0.381 e. The van der Waals surface area contributed by atoms with Crippen LogP contribution in [0.5, 0.6) is 0 Å². The van der Waals surface area contributed by atoms with Crippen molar-refractivity contribution in [1.82, 2.24) is 0 Å². The number of fused-ring (bicyclic) bond motifs is 1. The van der Waals surface area contributed by atoms with Gasteiger partial charge in [-0.1, -0.05) is 19.8 Å². The van der Waals surface area contributed by atoms with Gasteiger partial charge in [-0.25, -0.2) is 0 Å². The predicted octanol–water partition coefficient (Wildman–Crippen LogP) is 4.49. The highest BCUT2D eigenvalue weighted by molar-refractivity contribution is 5.73. The van der Waals surface area contributed by atoms with Crippen molar-refractivity contribution in [2.45, 2.75) is 44.3 Å². The van der Waals surface area contributed by atoms with E-state index < -0.39 is 11.7 Å². The number of nitrogens with one attached hydrogen (secondary N) is 2. The van der Waals surface area contributed by atoms with Crippen molar-refractivity contribution in [3.63, 3.8) is 0 Å². The van der Waals surface area contributed by atoms with E-state index in [2.05, 4.69) is 17.6 Å². The summed E-state index contributed by atoms with van der Waals surface area (Å²) in [6.45, 7) is 2.94. The molecule has 1 aromatic rings. The molecule has 1 aliphatic heterocycles. The van der Waals surface area contributed by atoms with Crippen LogP contribution in [-0.4, -0.2) is 12.1 Å². The van der Waals surface area contributed by atoms with Crippen molar-refractivity contribution in [3.05, 3.63) is 23.8 Å². The van der Waals surface area contributed by atoms with Crippen LogP contribution in [0.2, 0.25) is 0 Å². The third-order valence-corrected chi connectivity index (χ3v) is 4.46. The molecule has 2 aliphatic rings. The molecule has 3 rings (SSSR count). The number of hydrogen-bond donors (Lipinski definition) is 2. The Morgan fingerprint density at radius 3 is 2.75 bits per heavy atom. The van der Waals surface area contributed by atoms with Crippen molar-refractivity contribution in [2.75, 3.05) is 17.2 Å². The molecule has 2 nitrogen and oxygen atoms in total. The van der Waals surface area contributed by atoms with Gasteiger partial charge in [-0.2, -0.15) is 13.2 Å². The Kier molecular flexibility index (Phi) is 3.10. The number of anilines is 2. The summed E-state index contributed by atoms with van der Waals surface area (Å²) >= 11 is 0. The highest BCUT2D eigenvalue weighted by Gasteiger charge is 2.38. The van der Waals surface area contributed by atoms with Gasteiger partial charge in [0.25, 0.3) is 0 Å². The van der Waals surface area contributed by atoms with E-state index in [9.17, 15) is 13.2 Å². The second-order valence-corrected chi connectivity index (χ2v) is 6.22. The minimum atomic E-state index is -4.29. The van der Waals surface area contributed by atoms with Crippen LogP contribution < -0.4 is 10.6 Å². The first-order valence-electron chi connectivity index (χ1n) is 7.11. The number of hydrogen-bond acceptors (Lipinski definition) is 2. The second-order valence-electron chi connectivity index (χ2n) is 6.22. The summed E-state index contributed by atoms with van der Waals surface area (Å²) in [5, 5.41) is 6.69. The lowest BCUT2D eigenvalue weighted by Crippen LogP contribution is -2.50. The molecule has 110 valence electrons. The van der Waals surface area contributed by atoms with Gasteiger partial charge < -0.3 is 10.6 Å². The molecule has 2 N–H and O–H groups in total. The van der Waals surface area contributed by atoms with Crippen LogP contribution >= 0.6 is 0 Å². The predicted molar refractivity (Wildman–Crippen MR) is 73.9 cm³/mol. The largest absolute Gasteiger partial charge is 0.416 e. The maximum Gasteiger partial charge on any atom is 0.416 e. The minimum absolute atomic E-state index is 0.00438. The maximum absolute atomic E-state index is 12.7. The SMILES string of the molecule is CC1CCCC2(CNc3cc(C(F)(F)F)ccc3N2)C1. The van der Waals surface area contributed by atoms with Crippen molar-refractivity contribution in [3.8, 4) is 0 Å². The molecule has 0 amide bonds. The Hall–Kier alpha value is -1.39. The van der Waals surface area contributed by atoms with Crippen LogP contribution in [-0.2, 0) is 6.18 Å². The van der Waals surface area contributed by atoms with Gasteiger partial charge >= 0.3 is 6.18 Å². The summed E-state index contributed by atoms with van der Waals surface area (Å²) in [4.78, 5) is 0. The van der Waals surface area contributed by atoms with Gasteiger partial charge in [-0.15, -0.1) is 0 Å². The average Bonchev–Trinajstić information content (AvgIpc) is 2.36. The van der Waals surface area contributed by atoms with E-state index in [4.69, 9.17) is 0 Å². The number of halogens is 3. The monoisotopic (exact) mass is 284 g/mol. The topological polar surface area (TPSA) is 24.1 Å². The third kappa shape index (κ3) is 2.45. The fourth-order valence-corrected chi connectivity index (χ4v) is 3.50. The summed E-state index contributed by atoms with van der Waals surface area (Å²) in [5.74, 6) is 0.661. The highest BCUT2D eigenvalue weighted by Crippen LogP contribution is 2.42. The second kappa shape index (κ2) is 4.57. The first kappa shape index (κ1) is 13.6. The molecule has 0 bridgehead atoms. The zero-order valence-corrected chi connectivity index (χ0v) is 11.5. The maximum atomic E-state index is 12.7. The Morgan fingerprint density at radius 2 is 2.05 bits per heavy atom. The van der Waals surface area contributed by atoms with Crippen LogP contribution in [0.25, 0.3) is 0 Å². The highest BCUT2D eigenvalue weighted by atomic mass is 19.4. The fraction of sp³-hybridized carbons (Fsp3) is 0.600.